The molecule has 0 unspecified atom stereocenters. The largest absolute Gasteiger partial charge is 0.466 e. The lowest BCUT2D eigenvalue weighted by atomic mass is 10.2. The zero-order valence-corrected chi connectivity index (χ0v) is 20.5. The van der Waals surface area contributed by atoms with Gasteiger partial charge in [-0.05, 0) is 19.1 Å². The molecule has 2 heterocycles. The van der Waals surface area contributed by atoms with Crippen LogP contribution in [0.5, 0.6) is 0 Å². The van der Waals surface area contributed by atoms with Gasteiger partial charge in [-0.2, -0.15) is 13.2 Å². The highest BCUT2D eigenvalue weighted by Gasteiger charge is 2.35. The number of rotatable bonds is 6. The van der Waals surface area contributed by atoms with Gasteiger partial charge in [0.2, 0.25) is 5.91 Å². The third-order valence-corrected chi connectivity index (χ3v) is 6.35. The molecule has 0 aliphatic carbocycles. The average Bonchev–Trinajstić information content (AvgIpc) is 3.10. The van der Waals surface area contributed by atoms with Crippen LogP contribution in [0.4, 0.5) is 18.9 Å². The number of amides is 1. The van der Waals surface area contributed by atoms with Crippen LogP contribution in [0.15, 0.2) is 32.8 Å². The van der Waals surface area contributed by atoms with Gasteiger partial charge in [-0.15, -0.1) is 0 Å². The minimum Gasteiger partial charge on any atom is -0.466 e. The SMILES string of the molecule is CCOC(=O)CCN1C(=O)CS/C1=N\c1cc(-n2c(=O)cc(C(F)(F)F)n(C)c2=O)c(Cl)cc1Cl. The van der Waals surface area contributed by atoms with Crippen LogP contribution >= 0.6 is 35.0 Å². The van der Waals surface area contributed by atoms with Crippen molar-refractivity contribution in [1.29, 1.82) is 0 Å². The first-order chi connectivity index (χ1) is 16.3. The number of nitrogens with zero attached hydrogens (tertiary/aromatic N) is 4. The maximum absolute atomic E-state index is 13.2. The maximum Gasteiger partial charge on any atom is 0.431 e. The lowest BCUT2D eigenvalue weighted by Gasteiger charge is -2.17. The molecular formula is C20H17Cl2F3N4O5S. The molecule has 1 fully saturated rings. The van der Waals surface area contributed by atoms with Gasteiger partial charge < -0.3 is 4.74 Å². The van der Waals surface area contributed by atoms with E-state index in [9.17, 15) is 32.3 Å². The van der Waals surface area contributed by atoms with Crippen molar-refractivity contribution in [3.05, 3.63) is 54.8 Å². The fraction of sp³-hybridized carbons (Fsp3) is 0.350. The first-order valence-corrected chi connectivity index (χ1v) is 11.7. The minimum atomic E-state index is -4.92. The number of hydrogen-bond acceptors (Lipinski definition) is 7. The second-order valence-electron chi connectivity index (χ2n) is 7.08. The van der Waals surface area contributed by atoms with Crippen LogP contribution in [0, 0.1) is 0 Å². The number of benzene rings is 1. The standard InChI is InChI=1S/C20H17Cl2F3N4O5S/c1-3-34-17(32)4-5-28-16(31)9-35-18(28)26-12-7-13(11(22)6-10(12)21)29-15(30)8-14(20(23,24)25)27(2)19(29)33/h6-8H,3-5,9H2,1-2H3/b26-18-. The zero-order chi connectivity index (χ0) is 26.1. The van der Waals surface area contributed by atoms with Crippen molar-refractivity contribution in [2.75, 3.05) is 18.9 Å². The number of thioether (sulfide) groups is 1. The number of hydrogen-bond donors (Lipinski definition) is 0. The summed E-state index contributed by atoms with van der Waals surface area (Å²) in [6.07, 6.45) is -5.00. The second-order valence-corrected chi connectivity index (χ2v) is 8.84. The van der Waals surface area contributed by atoms with Crippen molar-refractivity contribution in [1.82, 2.24) is 14.0 Å². The molecule has 1 saturated heterocycles. The number of halogens is 5. The van der Waals surface area contributed by atoms with Gasteiger partial charge in [-0.25, -0.2) is 14.4 Å². The lowest BCUT2D eigenvalue weighted by molar-refractivity contribution is -0.144. The van der Waals surface area contributed by atoms with Crippen molar-refractivity contribution in [2.45, 2.75) is 19.5 Å². The number of ether oxygens (including phenoxy) is 1. The van der Waals surface area contributed by atoms with Gasteiger partial charge in [0.05, 0.1) is 40.2 Å². The van der Waals surface area contributed by atoms with Crippen molar-refractivity contribution in [3.63, 3.8) is 0 Å². The number of carbonyl (C=O) groups excluding carboxylic acids is 2. The fourth-order valence-corrected chi connectivity index (χ4v) is 4.57. The van der Waals surface area contributed by atoms with Crippen LogP contribution in [0.2, 0.25) is 10.0 Å². The predicted molar refractivity (Wildman–Crippen MR) is 125 cm³/mol. The van der Waals surface area contributed by atoms with Crippen molar-refractivity contribution in [2.24, 2.45) is 12.0 Å². The molecule has 3 rings (SSSR count). The minimum absolute atomic E-state index is 0.000468. The summed E-state index contributed by atoms with van der Waals surface area (Å²) < 4.78 is 45.1. The van der Waals surface area contributed by atoms with Crippen molar-refractivity contribution < 1.29 is 27.5 Å². The van der Waals surface area contributed by atoms with Crippen LogP contribution in [0.3, 0.4) is 0 Å². The van der Waals surface area contributed by atoms with E-state index in [0.717, 1.165) is 24.9 Å². The van der Waals surface area contributed by atoms with E-state index in [2.05, 4.69) is 4.99 Å². The predicted octanol–water partition coefficient (Wildman–Crippen LogP) is 3.38. The molecule has 15 heteroatoms. The molecule has 0 N–H and O–H groups in total. The Kier molecular flexibility index (Phi) is 8.02. The van der Waals surface area contributed by atoms with Gasteiger partial charge in [-0.1, -0.05) is 35.0 Å². The summed E-state index contributed by atoms with van der Waals surface area (Å²) in [7, 11) is 0.869. The van der Waals surface area contributed by atoms with E-state index in [1.54, 1.807) is 6.92 Å². The molecule has 0 bridgehead atoms. The Morgan fingerprint density at radius 1 is 1.17 bits per heavy atom. The van der Waals surface area contributed by atoms with E-state index in [1.165, 1.54) is 11.0 Å². The molecule has 0 spiro atoms. The number of aromatic nitrogens is 2. The summed E-state index contributed by atoms with van der Waals surface area (Å²) >= 11 is 13.4. The number of carbonyl (C=O) groups is 2. The van der Waals surface area contributed by atoms with E-state index in [1.807, 2.05) is 0 Å². The first kappa shape index (κ1) is 26.8. The first-order valence-electron chi connectivity index (χ1n) is 9.92. The van der Waals surface area contributed by atoms with Crippen LogP contribution in [-0.4, -0.2) is 50.0 Å². The highest BCUT2D eigenvalue weighted by Crippen LogP contribution is 2.35. The third kappa shape index (κ3) is 5.73. The summed E-state index contributed by atoms with van der Waals surface area (Å²) in [5, 5.41) is 0.00249. The fourth-order valence-electron chi connectivity index (χ4n) is 3.14. The molecule has 0 radical (unpaired) electrons. The molecule has 1 aliphatic rings. The van der Waals surface area contributed by atoms with Gasteiger partial charge in [0, 0.05) is 19.7 Å². The molecule has 1 aromatic carbocycles. The molecule has 35 heavy (non-hydrogen) atoms. The molecule has 1 aliphatic heterocycles. The van der Waals surface area contributed by atoms with Crippen molar-refractivity contribution >= 4 is 57.7 Å². The summed E-state index contributed by atoms with van der Waals surface area (Å²) in [5.74, 6) is -0.754. The quantitative estimate of drug-likeness (QED) is 0.509. The topological polar surface area (TPSA) is 103 Å². The summed E-state index contributed by atoms with van der Waals surface area (Å²) in [5.41, 5.74) is -4.22. The Morgan fingerprint density at radius 2 is 1.86 bits per heavy atom. The van der Waals surface area contributed by atoms with Gasteiger partial charge in [0.15, 0.2) is 5.17 Å². The smallest absolute Gasteiger partial charge is 0.431 e. The average molecular weight is 553 g/mol. The monoisotopic (exact) mass is 552 g/mol. The van der Waals surface area contributed by atoms with Gasteiger partial charge in [0.25, 0.3) is 5.56 Å². The van der Waals surface area contributed by atoms with E-state index in [4.69, 9.17) is 27.9 Å². The molecular weight excluding hydrogens is 536 g/mol. The van der Waals surface area contributed by atoms with Crippen LogP contribution in [0.1, 0.15) is 19.0 Å². The Morgan fingerprint density at radius 3 is 2.49 bits per heavy atom. The Bertz CT molecular complexity index is 1340. The Labute approximate surface area is 210 Å². The summed E-state index contributed by atoms with van der Waals surface area (Å²) in [6, 6.07) is 2.60. The maximum atomic E-state index is 13.2. The highest BCUT2D eigenvalue weighted by atomic mass is 35.5. The Balaban J connectivity index is 2.07. The molecule has 1 amide bonds. The normalized spacial score (nSPS) is 15.2. The molecule has 9 nitrogen and oxygen atoms in total. The molecule has 0 saturated carbocycles. The van der Waals surface area contributed by atoms with E-state index in [-0.39, 0.29) is 68.5 Å². The molecule has 2 aromatic rings. The van der Waals surface area contributed by atoms with E-state index in [0.29, 0.717) is 4.57 Å². The third-order valence-electron chi connectivity index (χ3n) is 4.79. The zero-order valence-electron chi connectivity index (χ0n) is 18.2. The second kappa shape index (κ2) is 10.5. The number of amidine groups is 1. The van der Waals surface area contributed by atoms with E-state index >= 15 is 0 Å². The van der Waals surface area contributed by atoms with Crippen molar-refractivity contribution in [3.8, 4) is 5.69 Å². The Hall–Kier alpha value is -2.77. The summed E-state index contributed by atoms with van der Waals surface area (Å²) in [4.78, 5) is 54.6. The van der Waals surface area contributed by atoms with Gasteiger partial charge >= 0.3 is 17.8 Å². The molecule has 188 valence electrons. The van der Waals surface area contributed by atoms with Crippen LogP contribution < -0.4 is 11.2 Å². The van der Waals surface area contributed by atoms with Gasteiger partial charge in [0.1, 0.15) is 5.69 Å². The summed E-state index contributed by atoms with van der Waals surface area (Å²) in [6.45, 7) is 1.84. The highest BCUT2D eigenvalue weighted by molar-refractivity contribution is 8.15. The van der Waals surface area contributed by atoms with E-state index < -0.39 is 29.1 Å². The van der Waals surface area contributed by atoms with Crippen LogP contribution in [0.25, 0.3) is 5.69 Å². The molecule has 0 atom stereocenters. The van der Waals surface area contributed by atoms with Crippen LogP contribution in [-0.2, 0) is 27.5 Å². The number of esters is 1. The lowest BCUT2D eigenvalue weighted by Crippen LogP contribution is -2.40. The number of alkyl halides is 3. The number of aliphatic imine (C=N–C) groups is 1. The molecule has 1 aromatic heterocycles. The van der Waals surface area contributed by atoms with Gasteiger partial charge in [-0.3, -0.25) is 23.9 Å².